The van der Waals surface area contributed by atoms with Gasteiger partial charge in [0.1, 0.15) is 23.3 Å². The quantitative estimate of drug-likeness (QED) is 0.741. The summed E-state index contributed by atoms with van der Waals surface area (Å²) in [6.45, 7) is 0. The minimum atomic E-state index is -1.07. The first-order valence-corrected chi connectivity index (χ1v) is 5.73. The van der Waals surface area contributed by atoms with E-state index in [2.05, 4.69) is 9.97 Å². The summed E-state index contributed by atoms with van der Waals surface area (Å²) in [6.07, 6.45) is 0. The van der Waals surface area contributed by atoms with E-state index in [0.29, 0.717) is 23.0 Å². The summed E-state index contributed by atoms with van der Waals surface area (Å²) < 4.78 is 40.4. The van der Waals surface area contributed by atoms with Crippen molar-refractivity contribution in [2.45, 2.75) is 0 Å². The van der Waals surface area contributed by atoms with Crippen LogP contribution in [0.2, 0.25) is 0 Å². The molecule has 0 unspecified atom stereocenters. The lowest BCUT2D eigenvalue weighted by Gasteiger charge is -2.07. The van der Waals surface area contributed by atoms with Crippen molar-refractivity contribution in [2.75, 3.05) is 5.73 Å². The highest BCUT2D eigenvalue weighted by Gasteiger charge is 2.17. The molecule has 0 saturated carbocycles. The molecule has 3 rings (SSSR count). The van der Waals surface area contributed by atoms with E-state index >= 15 is 0 Å². The number of anilines is 1. The molecule has 0 aliphatic carbocycles. The van der Waals surface area contributed by atoms with Gasteiger partial charge in [0, 0.05) is 17.5 Å². The molecule has 2 N–H and O–H groups in total. The Morgan fingerprint density at radius 3 is 2.25 bits per heavy atom. The van der Waals surface area contributed by atoms with Gasteiger partial charge in [-0.05, 0) is 12.1 Å². The van der Waals surface area contributed by atoms with E-state index in [1.54, 1.807) is 24.3 Å². The van der Waals surface area contributed by atoms with E-state index < -0.39 is 23.0 Å². The molecule has 0 aliphatic heterocycles. The average molecular weight is 275 g/mol. The summed E-state index contributed by atoms with van der Waals surface area (Å²) in [4.78, 5) is 7.95. The number of hydrogen-bond donors (Lipinski definition) is 1. The Hall–Kier alpha value is -2.63. The Morgan fingerprint density at radius 1 is 0.900 bits per heavy atom. The van der Waals surface area contributed by atoms with E-state index in [1.165, 1.54) is 0 Å². The van der Waals surface area contributed by atoms with Crippen LogP contribution in [0.4, 0.5) is 19.0 Å². The fraction of sp³-hybridized carbons (Fsp3) is 0. The van der Waals surface area contributed by atoms with Crippen LogP contribution in [0.5, 0.6) is 0 Å². The zero-order chi connectivity index (χ0) is 14.3. The second-order valence-corrected chi connectivity index (χ2v) is 4.19. The molecule has 0 fully saturated rings. The number of nitrogens with two attached hydrogens (primary N) is 1. The van der Waals surface area contributed by atoms with Crippen molar-refractivity contribution in [3.63, 3.8) is 0 Å². The van der Waals surface area contributed by atoms with Crippen molar-refractivity contribution >= 4 is 16.7 Å². The van der Waals surface area contributed by atoms with Crippen molar-refractivity contribution in [1.82, 2.24) is 9.97 Å². The predicted octanol–water partition coefficient (Wildman–Crippen LogP) is 3.30. The lowest BCUT2D eigenvalue weighted by molar-refractivity contribution is 0.547. The van der Waals surface area contributed by atoms with Crippen LogP contribution in [0.3, 0.4) is 0 Å². The normalized spacial score (nSPS) is 10.9. The van der Waals surface area contributed by atoms with Crippen LogP contribution in [0.25, 0.3) is 22.3 Å². The summed E-state index contributed by atoms with van der Waals surface area (Å²) >= 11 is 0. The zero-order valence-electron chi connectivity index (χ0n) is 10.1. The van der Waals surface area contributed by atoms with Gasteiger partial charge in [-0.2, -0.15) is 0 Å². The molecule has 3 aromatic rings. The van der Waals surface area contributed by atoms with E-state index in [1.807, 2.05) is 0 Å². The maximum Gasteiger partial charge on any atom is 0.168 e. The second-order valence-electron chi connectivity index (χ2n) is 4.19. The van der Waals surface area contributed by atoms with Gasteiger partial charge in [0.15, 0.2) is 5.82 Å². The van der Waals surface area contributed by atoms with E-state index in [-0.39, 0.29) is 11.6 Å². The molecule has 0 bridgehead atoms. The molecular weight excluding hydrogens is 267 g/mol. The molecule has 3 nitrogen and oxygen atoms in total. The number of rotatable bonds is 1. The first-order chi connectivity index (χ1) is 9.56. The summed E-state index contributed by atoms with van der Waals surface area (Å²) in [5.41, 5.74) is 5.71. The van der Waals surface area contributed by atoms with Gasteiger partial charge in [-0.15, -0.1) is 0 Å². The van der Waals surface area contributed by atoms with Crippen molar-refractivity contribution in [3.8, 4) is 11.4 Å². The highest BCUT2D eigenvalue weighted by Crippen LogP contribution is 2.27. The number of fused-ring (bicyclic) bond motifs is 1. The molecule has 1 aromatic heterocycles. The molecule has 0 saturated heterocycles. The Labute approximate surface area is 111 Å². The molecule has 20 heavy (non-hydrogen) atoms. The molecular formula is C14H8F3N3. The van der Waals surface area contributed by atoms with Crippen molar-refractivity contribution in [3.05, 3.63) is 53.8 Å². The fourth-order valence-electron chi connectivity index (χ4n) is 1.97. The number of halogens is 3. The first-order valence-electron chi connectivity index (χ1n) is 5.73. The molecule has 2 aromatic carbocycles. The predicted molar refractivity (Wildman–Crippen MR) is 69.3 cm³/mol. The maximum atomic E-state index is 13.7. The Morgan fingerprint density at radius 2 is 1.55 bits per heavy atom. The molecule has 100 valence electrons. The van der Waals surface area contributed by atoms with Gasteiger partial charge in [0.25, 0.3) is 0 Å². The standard InChI is InChI=1S/C14H8F3N3/c15-7-5-9(16)12(10(17)6-7)14-19-11-4-2-1-3-8(11)13(18)20-14/h1-6H,(H2,18,19,20). The number of para-hydroxylation sites is 1. The van der Waals surface area contributed by atoms with Crippen molar-refractivity contribution < 1.29 is 13.2 Å². The van der Waals surface area contributed by atoms with E-state index in [9.17, 15) is 13.2 Å². The number of aromatic nitrogens is 2. The van der Waals surface area contributed by atoms with E-state index in [4.69, 9.17) is 5.73 Å². The third-order valence-electron chi connectivity index (χ3n) is 2.86. The highest BCUT2D eigenvalue weighted by molar-refractivity contribution is 5.89. The van der Waals surface area contributed by atoms with Gasteiger partial charge < -0.3 is 5.73 Å². The number of nitrogens with zero attached hydrogens (tertiary/aromatic N) is 2. The molecule has 0 radical (unpaired) electrons. The largest absolute Gasteiger partial charge is 0.383 e. The van der Waals surface area contributed by atoms with Crippen LogP contribution in [0, 0.1) is 17.5 Å². The molecule has 0 amide bonds. The topological polar surface area (TPSA) is 51.8 Å². The summed E-state index contributed by atoms with van der Waals surface area (Å²) in [5.74, 6) is -3.25. The number of benzene rings is 2. The smallest absolute Gasteiger partial charge is 0.168 e. The highest BCUT2D eigenvalue weighted by atomic mass is 19.1. The second kappa shape index (κ2) is 4.48. The molecule has 0 aliphatic rings. The lowest BCUT2D eigenvalue weighted by Crippen LogP contribution is -2.01. The van der Waals surface area contributed by atoms with Gasteiger partial charge in [0.2, 0.25) is 0 Å². The van der Waals surface area contributed by atoms with Crippen LogP contribution < -0.4 is 5.73 Å². The summed E-state index contributed by atoms with van der Waals surface area (Å²) in [7, 11) is 0. The van der Waals surface area contributed by atoms with Crippen molar-refractivity contribution in [2.24, 2.45) is 0 Å². The van der Waals surface area contributed by atoms with Crippen LogP contribution >= 0.6 is 0 Å². The third-order valence-corrected chi connectivity index (χ3v) is 2.86. The van der Waals surface area contributed by atoms with Crippen LogP contribution in [-0.2, 0) is 0 Å². The monoisotopic (exact) mass is 275 g/mol. The van der Waals surface area contributed by atoms with Gasteiger partial charge in [-0.1, -0.05) is 12.1 Å². The summed E-state index contributed by atoms with van der Waals surface area (Å²) in [6, 6.07) is 7.97. The van der Waals surface area contributed by atoms with Crippen LogP contribution in [-0.4, -0.2) is 9.97 Å². The fourth-order valence-corrected chi connectivity index (χ4v) is 1.97. The van der Waals surface area contributed by atoms with Gasteiger partial charge in [-0.3, -0.25) is 0 Å². The maximum absolute atomic E-state index is 13.7. The molecule has 6 heteroatoms. The van der Waals surface area contributed by atoms with Crippen LogP contribution in [0.1, 0.15) is 0 Å². The summed E-state index contributed by atoms with van der Waals surface area (Å²) in [5, 5.41) is 0.583. The number of nitrogen functional groups attached to an aromatic ring is 1. The van der Waals surface area contributed by atoms with Gasteiger partial charge >= 0.3 is 0 Å². The van der Waals surface area contributed by atoms with Crippen molar-refractivity contribution in [1.29, 1.82) is 0 Å². The van der Waals surface area contributed by atoms with E-state index in [0.717, 1.165) is 0 Å². The third kappa shape index (κ3) is 1.95. The SMILES string of the molecule is Nc1nc(-c2c(F)cc(F)cc2F)nc2ccccc12. The van der Waals surface area contributed by atoms with Crippen LogP contribution in [0.15, 0.2) is 36.4 Å². The Balaban J connectivity index is 2.30. The number of hydrogen-bond acceptors (Lipinski definition) is 3. The average Bonchev–Trinajstić information content (AvgIpc) is 2.37. The Kier molecular flexibility index (Phi) is 2.78. The minimum Gasteiger partial charge on any atom is -0.383 e. The molecule has 0 spiro atoms. The van der Waals surface area contributed by atoms with Gasteiger partial charge in [0.05, 0.1) is 11.1 Å². The Bertz CT molecular complexity index is 795. The minimum absolute atomic E-state index is 0.105. The molecule has 1 heterocycles. The zero-order valence-corrected chi connectivity index (χ0v) is 10.1. The molecule has 0 atom stereocenters. The van der Waals surface area contributed by atoms with Gasteiger partial charge in [-0.25, -0.2) is 23.1 Å². The first kappa shape index (κ1) is 12.4. The lowest BCUT2D eigenvalue weighted by atomic mass is 10.1.